The number of nitrogens with zero attached hydrogens (tertiary/aromatic N) is 2. The summed E-state index contributed by atoms with van der Waals surface area (Å²) in [4.78, 5) is 12.2. The van der Waals surface area contributed by atoms with Crippen LogP contribution in [0.2, 0.25) is 0 Å². The van der Waals surface area contributed by atoms with Gasteiger partial charge in [0.2, 0.25) is 5.91 Å². The van der Waals surface area contributed by atoms with E-state index in [2.05, 4.69) is 10.4 Å². The van der Waals surface area contributed by atoms with Crippen LogP contribution in [0.25, 0.3) is 0 Å². The Bertz CT molecular complexity index is 540. The molecule has 0 bridgehead atoms. The molecule has 5 heteroatoms. The summed E-state index contributed by atoms with van der Waals surface area (Å²) in [5, 5.41) is 18.0. The predicted molar refractivity (Wildman–Crippen MR) is 84.0 cm³/mol. The van der Waals surface area contributed by atoms with Gasteiger partial charge in [-0.1, -0.05) is 19.3 Å². The predicted octanol–water partition coefficient (Wildman–Crippen LogP) is 2.07. The molecule has 122 valence electrons. The Morgan fingerprint density at radius 3 is 2.68 bits per heavy atom. The molecule has 0 aromatic carbocycles. The van der Waals surface area contributed by atoms with Crippen LogP contribution in [0.3, 0.4) is 0 Å². The second-order valence-corrected chi connectivity index (χ2v) is 7.16. The summed E-state index contributed by atoms with van der Waals surface area (Å²) < 4.78 is 1.80. The van der Waals surface area contributed by atoms with E-state index in [1.807, 2.05) is 20.0 Å². The van der Waals surface area contributed by atoms with Crippen molar-refractivity contribution in [2.24, 2.45) is 18.9 Å². The molecule has 22 heavy (non-hydrogen) atoms. The molecule has 2 aliphatic rings. The van der Waals surface area contributed by atoms with Gasteiger partial charge in [0, 0.05) is 13.0 Å². The third-order valence-electron chi connectivity index (χ3n) is 5.48. The first-order valence-electron chi connectivity index (χ1n) is 8.47. The topological polar surface area (TPSA) is 67.2 Å². The number of aryl methyl sites for hydroxylation is 2. The Balaban J connectivity index is 1.47. The Hall–Kier alpha value is -1.36. The lowest BCUT2D eigenvalue weighted by Gasteiger charge is -2.49. The van der Waals surface area contributed by atoms with Crippen LogP contribution in [0.4, 0.5) is 0 Å². The molecule has 3 rings (SSSR count). The fourth-order valence-electron chi connectivity index (χ4n) is 4.10. The van der Waals surface area contributed by atoms with Gasteiger partial charge in [-0.05, 0) is 44.6 Å². The monoisotopic (exact) mass is 305 g/mol. The number of aromatic nitrogens is 2. The van der Waals surface area contributed by atoms with Crippen molar-refractivity contribution >= 4 is 5.91 Å². The highest BCUT2D eigenvalue weighted by Gasteiger charge is 2.50. The molecule has 0 aliphatic heterocycles. The lowest BCUT2D eigenvalue weighted by Crippen LogP contribution is -2.54. The average Bonchev–Trinajstić information content (AvgIpc) is 2.80. The smallest absolute Gasteiger partial charge is 0.223 e. The zero-order chi connectivity index (χ0) is 15.7. The van der Waals surface area contributed by atoms with Crippen LogP contribution in [-0.2, 0) is 18.4 Å². The van der Waals surface area contributed by atoms with E-state index in [0.29, 0.717) is 25.3 Å². The molecule has 2 saturated carbocycles. The van der Waals surface area contributed by atoms with Crippen LogP contribution < -0.4 is 5.32 Å². The average molecular weight is 305 g/mol. The molecule has 1 amide bonds. The maximum absolute atomic E-state index is 12.2. The number of aliphatic hydroxyl groups is 1. The number of hydrogen-bond acceptors (Lipinski definition) is 3. The molecule has 2 fully saturated rings. The van der Waals surface area contributed by atoms with Gasteiger partial charge in [-0.3, -0.25) is 9.48 Å². The summed E-state index contributed by atoms with van der Waals surface area (Å²) in [6.45, 7) is 2.45. The molecule has 0 unspecified atom stereocenters. The molecular formula is C17H27N3O2. The molecule has 0 radical (unpaired) electrons. The summed E-state index contributed by atoms with van der Waals surface area (Å²) in [5.41, 5.74) is 1.39. The van der Waals surface area contributed by atoms with E-state index in [4.69, 9.17) is 0 Å². The van der Waals surface area contributed by atoms with Crippen molar-refractivity contribution in [2.45, 2.75) is 64.0 Å². The third-order valence-corrected chi connectivity index (χ3v) is 5.48. The van der Waals surface area contributed by atoms with Crippen molar-refractivity contribution < 1.29 is 9.90 Å². The Labute approximate surface area is 132 Å². The number of carbonyl (C=O) groups is 1. The van der Waals surface area contributed by atoms with E-state index in [9.17, 15) is 9.90 Å². The van der Waals surface area contributed by atoms with Crippen LogP contribution in [0.15, 0.2) is 6.07 Å². The van der Waals surface area contributed by atoms with Gasteiger partial charge in [-0.15, -0.1) is 0 Å². The zero-order valence-electron chi connectivity index (χ0n) is 13.6. The van der Waals surface area contributed by atoms with Gasteiger partial charge < -0.3 is 10.4 Å². The number of carbonyl (C=O) groups excluding carboxylic acids is 1. The van der Waals surface area contributed by atoms with Crippen molar-refractivity contribution in [2.75, 3.05) is 0 Å². The number of amides is 1. The SMILES string of the molecule is Cc1cc(CNC(=O)C2CC(O)(C3CCCCC3)C2)n(C)n1. The molecular weight excluding hydrogens is 278 g/mol. The highest BCUT2D eigenvalue weighted by Crippen LogP contribution is 2.48. The maximum atomic E-state index is 12.2. The zero-order valence-corrected chi connectivity index (χ0v) is 13.6. The largest absolute Gasteiger partial charge is 0.390 e. The van der Waals surface area contributed by atoms with Crippen LogP contribution in [0, 0.1) is 18.8 Å². The molecule has 1 aromatic rings. The Morgan fingerprint density at radius 2 is 2.09 bits per heavy atom. The van der Waals surface area contributed by atoms with Crippen molar-refractivity contribution in [3.8, 4) is 0 Å². The third kappa shape index (κ3) is 3.05. The van der Waals surface area contributed by atoms with Crippen LogP contribution in [-0.4, -0.2) is 26.4 Å². The minimum atomic E-state index is -0.578. The molecule has 2 N–H and O–H groups in total. The van der Waals surface area contributed by atoms with Gasteiger partial charge >= 0.3 is 0 Å². The fourth-order valence-corrected chi connectivity index (χ4v) is 4.10. The highest BCUT2D eigenvalue weighted by atomic mass is 16.3. The standard InChI is InChI=1S/C17H27N3O2/c1-12-8-15(20(2)19-12)11-18-16(21)13-9-17(22,10-13)14-6-4-3-5-7-14/h8,13-14,22H,3-7,9-11H2,1-2H3,(H,18,21). The summed E-state index contributed by atoms with van der Waals surface area (Å²) in [6.07, 6.45) is 7.26. The molecule has 0 atom stereocenters. The summed E-state index contributed by atoms with van der Waals surface area (Å²) >= 11 is 0. The lowest BCUT2D eigenvalue weighted by atomic mass is 9.61. The summed E-state index contributed by atoms with van der Waals surface area (Å²) in [6, 6.07) is 1.99. The van der Waals surface area contributed by atoms with Gasteiger partial charge in [0.1, 0.15) is 0 Å². The lowest BCUT2D eigenvalue weighted by molar-refractivity contribution is -0.154. The van der Waals surface area contributed by atoms with Gasteiger partial charge in [-0.2, -0.15) is 5.10 Å². The van der Waals surface area contributed by atoms with Crippen molar-refractivity contribution in [1.82, 2.24) is 15.1 Å². The molecule has 1 aromatic heterocycles. The first kappa shape index (κ1) is 15.5. The van der Waals surface area contributed by atoms with Gasteiger partial charge in [-0.25, -0.2) is 0 Å². The second kappa shape index (κ2) is 6.03. The van der Waals surface area contributed by atoms with E-state index in [1.54, 1.807) is 4.68 Å². The van der Waals surface area contributed by atoms with E-state index >= 15 is 0 Å². The van der Waals surface area contributed by atoms with E-state index < -0.39 is 5.60 Å². The molecule has 0 saturated heterocycles. The number of hydrogen-bond donors (Lipinski definition) is 2. The normalized spacial score (nSPS) is 29.1. The minimum absolute atomic E-state index is 0.0266. The molecule has 5 nitrogen and oxygen atoms in total. The minimum Gasteiger partial charge on any atom is -0.390 e. The number of nitrogens with one attached hydrogen (secondary N) is 1. The second-order valence-electron chi connectivity index (χ2n) is 7.16. The van der Waals surface area contributed by atoms with Crippen molar-refractivity contribution in [3.05, 3.63) is 17.5 Å². The quantitative estimate of drug-likeness (QED) is 0.895. The van der Waals surface area contributed by atoms with Gasteiger partial charge in [0.05, 0.1) is 23.5 Å². The first-order valence-corrected chi connectivity index (χ1v) is 8.47. The van der Waals surface area contributed by atoms with E-state index in [-0.39, 0.29) is 11.8 Å². The van der Waals surface area contributed by atoms with E-state index in [1.165, 1.54) is 19.3 Å². The van der Waals surface area contributed by atoms with Crippen LogP contribution >= 0.6 is 0 Å². The van der Waals surface area contributed by atoms with E-state index in [0.717, 1.165) is 24.2 Å². The molecule has 1 heterocycles. The van der Waals surface area contributed by atoms with Crippen LogP contribution in [0.1, 0.15) is 56.3 Å². The Kier molecular flexibility index (Phi) is 4.26. The number of rotatable bonds is 4. The summed E-state index contributed by atoms with van der Waals surface area (Å²) in [7, 11) is 1.89. The van der Waals surface area contributed by atoms with Crippen LogP contribution in [0.5, 0.6) is 0 Å². The highest BCUT2D eigenvalue weighted by molar-refractivity contribution is 5.79. The Morgan fingerprint density at radius 1 is 1.41 bits per heavy atom. The fraction of sp³-hybridized carbons (Fsp3) is 0.765. The van der Waals surface area contributed by atoms with Crippen molar-refractivity contribution in [3.63, 3.8) is 0 Å². The summed E-state index contributed by atoms with van der Waals surface area (Å²) in [5.74, 6) is 0.450. The molecule has 0 spiro atoms. The molecule has 2 aliphatic carbocycles. The first-order chi connectivity index (χ1) is 10.5. The van der Waals surface area contributed by atoms with Gasteiger partial charge in [0.15, 0.2) is 0 Å². The maximum Gasteiger partial charge on any atom is 0.223 e. The van der Waals surface area contributed by atoms with Crippen molar-refractivity contribution in [1.29, 1.82) is 0 Å². The van der Waals surface area contributed by atoms with Gasteiger partial charge in [0.25, 0.3) is 0 Å².